The zero-order valence-electron chi connectivity index (χ0n) is 13.4. The zero-order chi connectivity index (χ0) is 16.8. The Balaban J connectivity index is 1.91. The Bertz CT molecular complexity index is 798. The fourth-order valence-electron chi connectivity index (χ4n) is 2.31. The SMILES string of the molecule is COc1ccc(C#C/C(=C/c2ccccc2)N2CCOC2=O)cc1. The molecule has 0 N–H and O–H groups in total. The number of nitrogens with zero attached hydrogens (tertiary/aromatic N) is 1. The predicted octanol–water partition coefficient (Wildman–Crippen LogP) is 3.54. The summed E-state index contributed by atoms with van der Waals surface area (Å²) in [4.78, 5) is 13.4. The summed E-state index contributed by atoms with van der Waals surface area (Å²) in [6.45, 7) is 0.893. The molecule has 0 saturated carbocycles. The van der Waals surface area contributed by atoms with E-state index in [2.05, 4.69) is 11.8 Å². The summed E-state index contributed by atoms with van der Waals surface area (Å²) in [6.07, 6.45) is 1.53. The molecule has 2 aromatic rings. The lowest BCUT2D eigenvalue weighted by atomic mass is 10.1. The van der Waals surface area contributed by atoms with Crippen LogP contribution >= 0.6 is 0 Å². The largest absolute Gasteiger partial charge is 0.497 e. The number of hydrogen-bond acceptors (Lipinski definition) is 3. The van der Waals surface area contributed by atoms with Gasteiger partial charge in [-0.05, 0) is 41.8 Å². The van der Waals surface area contributed by atoms with Gasteiger partial charge in [-0.1, -0.05) is 36.3 Å². The summed E-state index contributed by atoms with van der Waals surface area (Å²) in [5.74, 6) is 6.96. The minimum Gasteiger partial charge on any atom is -0.497 e. The molecule has 24 heavy (non-hydrogen) atoms. The van der Waals surface area contributed by atoms with Crippen LogP contribution in [0, 0.1) is 11.8 Å². The maximum absolute atomic E-state index is 11.9. The Morgan fingerprint density at radius 3 is 2.54 bits per heavy atom. The number of rotatable bonds is 3. The van der Waals surface area contributed by atoms with Crippen molar-refractivity contribution in [3.63, 3.8) is 0 Å². The Morgan fingerprint density at radius 1 is 1.17 bits per heavy atom. The number of amides is 1. The number of hydrogen-bond donors (Lipinski definition) is 0. The first-order chi connectivity index (χ1) is 11.8. The minimum atomic E-state index is -0.360. The lowest BCUT2D eigenvalue weighted by Crippen LogP contribution is -2.22. The molecule has 0 atom stereocenters. The molecule has 4 heteroatoms. The first-order valence-corrected chi connectivity index (χ1v) is 7.63. The molecule has 1 aliphatic rings. The van der Waals surface area contributed by atoms with Crippen LogP contribution in [0.5, 0.6) is 5.75 Å². The summed E-state index contributed by atoms with van der Waals surface area (Å²) in [5, 5.41) is 0. The van der Waals surface area contributed by atoms with Crippen LogP contribution in [0.3, 0.4) is 0 Å². The molecule has 3 rings (SSSR count). The second-order valence-electron chi connectivity index (χ2n) is 5.18. The number of benzene rings is 2. The molecule has 0 aromatic heterocycles. The van der Waals surface area contributed by atoms with Crippen LogP contribution in [0.15, 0.2) is 60.3 Å². The van der Waals surface area contributed by atoms with Gasteiger partial charge in [-0.3, -0.25) is 4.90 Å². The number of carbonyl (C=O) groups excluding carboxylic acids is 1. The highest BCUT2D eigenvalue weighted by Gasteiger charge is 2.24. The summed E-state index contributed by atoms with van der Waals surface area (Å²) < 4.78 is 10.2. The van der Waals surface area contributed by atoms with Crippen LogP contribution in [0.1, 0.15) is 11.1 Å². The van der Waals surface area contributed by atoms with Gasteiger partial charge < -0.3 is 9.47 Å². The van der Waals surface area contributed by atoms with E-state index < -0.39 is 0 Å². The number of allylic oxidation sites excluding steroid dienone is 1. The highest BCUT2D eigenvalue weighted by molar-refractivity contribution is 5.76. The van der Waals surface area contributed by atoms with E-state index >= 15 is 0 Å². The van der Waals surface area contributed by atoms with Crippen molar-refractivity contribution in [2.45, 2.75) is 0 Å². The molecular formula is C20H17NO3. The smallest absolute Gasteiger partial charge is 0.414 e. The summed E-state index contributed by atoms with van der Waals surface area (Å²) in [5.41, 5.74) is 2.46. The quantitative estimate of drug-likeness (QED) is 0.812. The predicted molar refractivity (Wildman–Crippen MR) is 92.3 cm³/mol. The number of carbonyl (C=O) groups is 1. The molecule has 1 amide bonds. The normalized spacial score (nSPS) is 14.0. The number of methoxy groups -OCH3 is 1. The summed E-state index contributed by atoms with van der Waals surface area (Å²) in [7, 11) is 1.63. The minimum absolute atomic E-state index is 0.360. The molecule has 1 saturated heterocycles. The molecule has 1 aliphatic heterocycles. The Morgan fingerprint density at radius 2 is 1.92 bits per heavy atom. The lowest BCUT2D eigenvalue weighted by Gasteiger charge is -2.12. The van der Waals surface area contributed by atoms with Crippen LogP contribution < -0.4 is 4.74 Å². The maximum atomic E-state index is 11.9. The van der Waals surface area contributed by atoms with Gasteiger partial charge in [0.15, 0.2) is 0 Å². The molecule has 1 heterocycles. The Hall–Kier alpha value is -3.19. The molecule has 120 valence electrons. The second-order valence-corrected chi connectivity index (χ2v) is 5.18. The molecule has 4 nitrogen and oxygen atoms in total. The van der Waals surface area contributed by atoms with Crippen molar-refractivity contribution < 1.29 is 14.3 Å². The average molecular weight is 319 g/mol. The average Bonchev–Trinajstić information content (AvgIpc) is 3.06. The molecule has 2 aromatic carbocycles. The molecule has 0 radical (unpaired) electrons. The van der Waals surface area contributed by atoms with Crippen LogP contribution in [-0.2, 0) is 4.74 Å². The van der Waals surface area contributed by atoms with Crippen molar-refractivity contribution in [3.05, 3.63) is 71.4 Å². The Kier molecular flexibility index (Phi) is 4.83. The first kappa shape index (κ1) is 15.7. The van der Waals surface area contributed by atoms with Gasteiger partial charge in [-0.25, -0.2) is 4.79 Å². The number of cyclic esters (lactones) is 1. The van der Waals surface area contributed by atoms with E-state index in [-0.39, 0.29) is 6.09 Å². The van der Waals surface area contributed by atoms with Crippen molar-refractivity contribution in [3.8, 4) is 17.6 Å². The molecule has 0 spiro atoms. The third-order valence-electron chi connectivity index (χ3n) is 3.58. The van der Waals surface area contributed by atoms with Crippen LogP contribution in [0.4, 0.5) is 4.79 Å². The van der Waals surface area contributed by atoms with E-state index in [0.717, 1.165) is 16.9 Å². The van der Waals surface area contributed by atoms with Gasteiger partial charge in [-0.15, -0.1) is 0 Å². The third-order valence-corrected chi connectivity index (χ3v) is 3.58. The van der Waals surface area contributed by atoms with Gasteiger partial charge >= 0.3 is 6.09 Å². The van der Waals surface area contributed by atoms with Crippen LogP contribution in [0.25, 0.3) is 6.08 Å². The van der Waals surface area contributed by atoms with Gasteiger partial charge in [0.25, 0.3) is 0 Å². The standard InChI is InChI=1S/C20H17NO3/c1-23-19-11-8-16(9-12-19)7-10-18(21-13-14-24-20(21)22)15-17-5-3-2-4-6-17/h2-6,8-9,11-12,15H,13-14H2,1H3/b18-15-. The van der Waals surface area contributed by atoms with Crippen molar-refractivity contribution in [2.24, 2.45) is 0 Å². The lowest BCUT2D eigenvalue weighted by molar-refractivity contribution is 0.165. The van der Waals surface area contributed by atoms with Gasteiger partial charge in [-0.2, -0.15) is 0 Å². The van der Waals surface area contributed by atoms with Gasteiger partial charge in [0, 0.05) is 5.56 Å². The highest BCUT2D eigenvalue weighted by Crippen LogP contribution is 2.16. The summed E-state index contributed by atoms with van der Waals surface area (Å²) >= 11 is 0. The fourth-order valence-corrected chi connectivity index (χ4v) is 2.31. The van der Waals surface area contributed by atoms with E-state index in [9.17, 15) is 4.79 Å². The van der Waals surface area contributed by atoms with Gasteiger partial charge in [0.2, 0.25) is 0 Å². The van der Waals surface area contributed by atoms with E-state index in [4.69, 9.17) is 9.47 Å². The van der Waals surface area contributed by atoms with E-state index in [0.29, 0.717) is 18.8 Å². The maximum Gasteiger partial charge on any atom is 0.414 e. The van der Waals surface area contributed by atoms with Crippen LogP contribution in [0.2, 0.25) is 0 Å². The van der Waals surface area contributed by atoms with Gasteiger partial charge in [0.05, 0.1) is 19.4 Å². The van der Waals surface area contributed by atoms with Crippen LogP contribution in [-0.4, -0.2) is 31.3 Å². The number of ether oxygens (including phenoxy) is 2. The fraction of sp³-hybridized carbons (Fsp3) is 0.150. The first-order valence-electron chi connectivity index (χ1n) is 7.63. The van der Waals surface area contributed by atoms with Crippen molar-refractivity contribution in [2.75, 3.05) is 20.3 Å². The second kappa shape index (κ2) is 7.38. The van der Waals surface area contributed by atoms with E-state index in [1.807, 2.05) is 60.7 Å². The molecule has 0 bridgehead atoms. The zero-order valence-corrected chi connectivity index (χ0v) is 13.4. The van der Waals surface area contributed by atoms with E-state index in [1.54, 1.807) is 12.0 Å². The van der Waals surface area contributed by atoms with Gasteiger partial charge in [0.1, 0.15) is 12.4 Å². The van der Waals surface area contributed by atoms with Crippen molar-refractivity contribution in [1.29, 1.82) is 0 Å². The Labute approximate surface area is 141 Å². The van der Waals surface area contributed by atoms with E-state index in [1.165, 1.54) is 0 Å². The van der Waals surface area contributed by atoms with Crippen molar-refractivity contribution >= 4 is 12.2 Å². The highest BCUT2D eigenvalue weighted by atomic mass is 16.6. The summed E-state index contributed by atoms with van der Waals surface area (Å²) in [6, 6.07) is 17.3. The molecular weight excluding hydrogens is 302 g/mol. The topological polar surface area (TPSA) is 38.8 Å². The monoisotopic (exact) mass is 319 g/mol. The molecule has 1 fully saturated rings. The third kappa shape index (κ3) is 3.76. The molecule has 0 aliphatic carbocycles. The van der Waals surface area contributed by atoms with Crippen molar-refractivity contribution in [1.82, 2.24) is 4.90 Å². The molecule has 0 unspecified atom stereocenters.